The summed E-state index contributed by atoms with van der Waals surface area (Å²) in [7, 11) is 0. The first-order valence-electron chi connectivity index (χ1n) is 6.55. The average molecular weight is 294 g/mol. The number of rotatable bonds is 2. The number of nitrogens with one attached hydrogen (secondary N) is 2. The van der Waals surface area contributed by atoms with E-state index >= 15 is 0 Å². The summed E-state index contributed by atoms with van der Waals surface area (Å²) in [5.74, 6) is 0. The van der Waals surface area contributed by atoms with Crippen LogP contribution in [0.5, 0.6) is 0 Å². The Bertz CT molecular complexity index is 784. The summed E-state index contributed by atoms with van der Waals surface area (Å²) in [6.45, 7) is 2.05. The maximum Gasteiger partial charge on any atom is 0.175 e. The molecular formula is C16H14N4S. The van der Waals surface area contributed by atoms with Gasteiger partial charge in [-0.15, -0.1) is 0 Å². The van der Waals surface area contributed by atoms with E-state index in [1.807, 2.05) is 42.5 Å². The highest BCUT2D eigenvalue weighted by Crippen LogP contribution is 2.17. The number of benzene rings is 2. The SMILES string of the molecule is Cc1ccc(NC(=S)Nc2ccc3ncncc3c2)cc1. The third kappa shape index (κ3) is 3.32. The molecule has 0 saturated heterocycles. The van der Waals surface area contributed by atoms with Crippen LogP contribution in [0.2, 0.25) is 0 Å². The fourth-order valence-electron chi connectivity index (χ4n) is 1.99. The second kappa shape index (κ2) is 5.85. The van der Waals surface area contributed by atoms with E-state index in [1.54, 1.807) is 12.5 Å². The van der Waals surface area contributed by atoms with Crippen LogP contribution in [-0.2, 0) is 0 Å². The number of aryl methyl sites for hydroxylation is 1. The van der Waals surface area contributed by atoms with Crippen molar-refractivity contribution in [1.82, 2.24) is 9.97 Å². The molecule has 1 heterocycles. The van der Waals surface area contributed by atoms with Crippen molar-refractivity contribution in [2.75, 3.05) is 10.6 Å². The van der Waals surface area contributed by atoms with Crippen LogP contribution >= 0.6 is 12.2 Å². The number of thiocarbonyl (C=S) groups is 1. The fraction of sp³-hybridized carbons (Fsp3) is 0.0625. The lowest BCUT2D eigenvalue weighted by Gasteiger charge is -2.11. The Hall–Kier alpha value is -2.53. The van der Waals surface area contributed by atoms with Gasteiger partial charge in [0.05, 0.1) is 5.52 Å². The van der Waals surface area contributed by atoms with E-state index in [-0.39, 0.29) is 0 Å². The minimum atomic E-state index is 0.551. The van der Waals surface area contributed by atoms with Gasteiger partial charge in [0.15, 0.2) is 5.11 Å². The molecule has 0 atom stereocenters. The maximum atomic E-state index is 5.32. The standard InChI is InChI=1S/C16H14N4S/c1-11-2-4-13(5-3-11)19-16(21)20-14-6-7-15-12(8-14)9-17-10-18-15/h2-10H,1H3,(H2,19,20,21). The molecule has 2 aromatic carbocycles. The van der Waals surface area contributed by atoms with Crippen LogP contribution in [0.3, 0.4) is 0 Å². The summed E-state index contributed by atoms with van der Waals surface area (Å²) in [5, 5.41) is 7.84. The second-order valence-electron chi connectivity index (χ2n) is 4.74. The number of aromatic nitrogens is 2. The predicted molar refractivity (Wildman–Crippen MR) is 90.6 cm³/mol. The number of fused-ring (bicyclic) bond motifs is 1. The summed E-state index contributed by atoms with van der Waals surface area (Å²) in [4.78, 5) is 8.21. The molecule has 2 N–H and O–H groups in total. The molecule has 0 radical (unpaired) electrons. The van der Waals surface area contributed by atoms with E-state index in [1.165, 1.54) is 5.56 Å². The monoisotopic (exact) mass is 294 g/mol. The van der Waals surface area contributed by atoms with E-state index in [0.717, 1.165) is 22.3 Å². The Balaban J connectivity index is 1.72. The molecule has 0 saturated carbocycles. The number of hydrogen-bond acceptors (Lipinski definition) is 3. The molecular weight excluding hydrogens is 280 g/mol. The van der Waals surface area contributed by atoms with Gasteiger partial charge in [-0.05, 0) is 49.5 Å². The summed E-state index contributed by atoms with van der Waals surface area (Å²) in [6, 6.07) is 13.9. The van der Waals surface area contributed by atoms with Crippen LogP contribution in [0.15, 0.2) is 55.0 Å². The molecule has 104 valence electrons. The average Bonchev–Trinajstić information content (AvgIpc) is 2.49. The van der Waals surface area contributed by atoms with Crippen molar-refractivity contribution in [3.8, 4) is 0 Å². The lowest BCUT2D eigenvalue weighted by Crippen LogP contribution is -2.18. The zero-order valence-corrected chi connectivity index (χ0v) is 12.3. The second-order valence-corrected chi connectivity index (χ2v) is 5.15. The molecule has 0 unspecified atom stereocenters. The third-order valence-electron chi connectivity index (χ3n) is 3.07. The Morgan fingerprint density at radius 2 is 1.71 bits per heavy atom. The first-order chi connectivity index (χ1) is 10.2. The molecule has 1 aromatic heterocycles. The largest absolute Gasteiger partial charge is 0.332 e. The van der Waals surface area contributed by atoms with Gasteiger partial charge in [0.1, 0.15) is 6.33 Å². The molecule has 4 nitrogen and oxygen atoms in total. The lowest BCUT2D eigenvalue weighted by molar-refractivity contribution is 1.22. The molecule has 3 aromatic rings. The van der Waals surface area contributed by atoms with Crippen LogP contribution in [0, 0.1) is 6.92 Å². The summed E-state index contributed by atoms with van der Waals surface area (Å²) in [5.41, 5.74) is 3.99. The van der Waals surface area contributed by atoms with Crippen LogP contribution in [0.25, 0.3) is 10.9 Å². The molecule has 0 amide bonds. The van der Waals surface area contributed by atoms with Crippen molar-refractivity contribution >= 4 is 39.6 Å². The van der Waals surface area contributed by atoms with Gasteiger partial charge in [-0.2, -0.15) is 0 Å². The molecule has 21 heavy (non-hydrogen) atoms. The molecule has 3 rings (SSSR count). The molecule has 0 fully saturated rings. The molecule has 0 aliphatic heterocycles. The molecule has 0 aliphatic carbocycles. The van der Waals surface area contributed by atoms with Gasteiger partial charge in [-0.25, -0.2) is 9.97 Å². The Kier molecular flexibility index (Phi) is 3.75. The van der Waals surface area contributed by atoms with Crippen molar-refractivity contribution in [3.63, 3.8) is 0 Å². The third-order valence-corrected chi connectivity index (χ3v) is 3.28. The van der Waals surface area contributed by atoms with Crippen LogP contribution in [0.1, 0.15) is 5.56 Å². The summed E-state index contributed by atoms with van der Waals surface area (Å²) < 4.78 is 0. The minimum absolute atomic E-state index is 0.551. The minimum Gasteiger partial charge on any atom is -0.332 e. The van der Waals surface area contributed by atoms with E-state index in [0.29, 0.717) is 5.11 Å². The topological polar surface area (TPSA) is 49.8 Å². The van der Waals surface area contributed by atoms with Gasteiger partial charge in [-0.3, -0.25) is 0 Å². The summed E-state index contributed by atoms with van der Waals surface area (Å²) >= 11 is 5.32. The predicted octanol–water partition coefficient (Wildman–Crippen LogP) is 3.75. The van der Waals surface area contributed by atoms with Crippen molar-refractivity contribution in [1.29, 1.82) is 0 Å². The van der Waals surface area contributed by atoms with Crippen molar-refractivity contribution in [2.45, 2.75) is 6.92 Å². The van der Waals surface area contributed by atoms with Gasteiger partial charge < -0.3 is 10.6 Å². The van der Waals surface area contributed by atoms with Gasteiger partial charge in [0, 0.05) is 23.0 Å². The number of anilines is 2. The quantitative estimate of drug-likeness (QED) is 0.705. The van der Waals surface area contributed by atoms with Gasteiger partial charge >= 0.3 is 0 Å². The van der Waals surface area contributed by atoms with E-state index < -0.39 is 0 Å². The summed E-state index contributed by atoms with van der Waals surface area (Å²) in [6.07, 6.45) is 3.32. The van der Waals surface area contributed by atoms with Gasteiger partial charge in [0.2, 0.25) is 0 Å². The lowest BCUT2D eigenvalue weighted by atomic mass is 10.2. The van der Waals surface area contributed by atoms with Crippen LogP contribution < -0.4 is 10.6 Å². The number of nitrogens with zero attached hydrogens (tertiary/aromatic N) is 2. The number of hydrogen-bond donors (Lipinski definition) is 2. The van der Waals surface area contributed by atoms with Gasteiger partial charge in [0.25, 0.3) is 0 Å². The van der Waals surface area contributed by atoms with E-state index in [4.69, 9.17) is 12.2 Å². The van der Waals surface area contributed by atoms with Crippen LogP contribution in [0.4, 0.5) is 11.4 Å². The highest BCUT2D eigenvalue weighted by Gasteiger charge is 2.01. The zero-order chi connectivity index (χ0) is 14.7. The molecule has 0 aliphatic rings. The first kappa shape index (κ1) is 13.5. The van der Waals surface area contributed by atoms with Crippen molar-refractivity contribution in [3.05, 3.63) is 60.6 Å². The highest BCUT2D eigenvalue weighted by atomic mass is 32.1. The van der Waals surface area contributed by atoms with E-state index in [9.17, 15) is 0 Å². The van der Waals surface area contributed by atoms with Crippen molar-refractivity contribution in [2.24, 2.45) is 0 Å². The smallest absolute Gasteiger partial charge is 0.175 e. The maximum absolute atomic E-state index is 5.32. The Morgan fingerprint density at radius 3 is 2.52 bits per heavy atom. The van der Waals surface area contributed by atoms with Crippen LogP contribution in [-0.4, -0.2) is 15.1 Å². The molecule has 0 bridgehead atoms. The van der Waals surface area contributed by atoms with E-state index in [2.05, 4.69) is 27.5 Å². The molecule has 0 spiro atoms. The van der Waals surface area contributed by atoms with Crippen molar-refractivity contribution < 1.29 is 0 Å². The normalized spacial score (nSPS) is 10.3. The fourth-order valence-corrected chi connectivity index (χ4v) is 2.23. The zero-order valence-electron chi connectivity index (χ0n) is 11.5. The Labute approximate surface area is 128 Å². The highest BCUT2D eigenvalue weighted by molar-refractivity contribution is 7.80. The Morgan fingerprint density at radius 1 is 1.00 bits per heavy atom. The van der Waals surface area contributed by atoms with Gasteiger partial charge in [-0.1, -0.05) is 17.7 Å². The first-order valence-corrected chi connectivity index (χ1v) is 6.96. The molecule has 5 heteroatoms.